The van der Waals surface area contributed by atoms with Crippen LogP contribution in [0.2, 0.25) is 0 Å². The summed E-state index contributed by atoms with van der Waals surface area (Å²) in [5, 5.41) is 8.71. The number of carbonyl (C=O) groups is 2. The van der Waals surface area contributed by atoms with Crippen LogP contribution in [0.25, 0.3) is 0 Å². The van der Waals surface area contributed by atoms with Gasteiger partial charge in [0.05, 0.1) is 11.8 Å². The van der Waals surface area contributed by atoms with Crippen molar-refractivity contribution in [2.24, 2.45) is 5.92 Å². The van der Waals surface area contributed by atoms with Crippen molar-refractivity contribution in [3.63, 3.8) is 0 Å². The fourth-order valence-corrected chi connectivity index (χ4v) is 2.59. The van der Waals surface area contributed by atoms with Crippen molar-refractivity contribution in [2.45, 2.75) is 32.6 Å². The summed E-state index contributed by atoms with van der Waals surface area (Å²) in [6.07, 6.45) is 4.28. The standard InChI is InChI=1S/C14H19NO4/c1-10-12(6-8-19-10)14(18)15-7-2-3-11(9-15)4-5-13(16)17/h6,8,11H,2-5,7,9H2,1H3,(H,16,17). The largest absolute Gasteiger partial charge is 0.481 e. The molecule has 1 fully saturated rings. The van der Waals surface area contributed by atoms with E-state index in [1.165, 1.54) is 6.26 Å². The summed E-state index contributed by atoms with van der Waals surface area (Å²) in [5.41, 5.74) is 0.610. The third kappa shape index (κ3) is 3.36. The van der Waals surface area contributed by atoms with Crippen molar-refractivity contribution in [2.75, 3.05) is 13.1 Å². The van der Waals surface area contributed by atoms with E-state index in [1.807, 2.05) is 4.90 Å². The van der Waals surface area contributed by atoms with Crippen molar-refractivity contribution < 1.29 is 19.1 Å². The lowest BCUT2D eigenvalue weighted by molar-refractivity contribution is -0.137. The molecule has 1 N–H and O–H groups in total. The van der Waals surface area contributed by atoms with Crippen LogP contribution in [0.15, 0.2) is 16.7 Å². The highest BCUT2D eigenvalue weighted by Crippen LogP contribution is 2.23. The number of amides is 1. The Balaban J connectivity index is 1.95. The number of hydrogen-bond donors (Lipinski definition) is 1. The summed E-state index contributed by atoms with van der Waals surface area (Å²) in [5.74, 6) is 0.152. The maximum absolute atomic E-state index is 12.3. The van der Waals surface area contributed by atoms with E-state index in [1.54, 1.807) is 13.0 Å². The summed E-state index contributed by atoms with van der Waals surface area (Å²) in [6, 6.07) is 1.69. The molecule has 5 heteroatoms. The van der Waals surface area contributed by atoms with E-state index < -0.39 is 5.97 Å². The van der Waals surface area contributed by atoms with E-state index in [0.29, 0.717) is 30.2 Å². The molecule has 104 valence electrons. The number of likely N-dealkylation sites (tertiary alicyclic amines) is 1. The molecule has 0 aliphatic carbocycles. The number of aryl methyl sites for hydroxylation is 1. The zero-order chi connectivity index (χ0) is 13.8. The van der Waals surface area contributed by atoms with Crippen LogP contribution in [0, 0.1) is 12.8 Å². The Kier molecular flexibility index (Phi) is 4.24. The SMILES string of the molecule is Cc1occc1C(=O)N1CCCC(CCC(=O)O)C1. The van der Waals surface area contributed by atoms with Crippen LogP contribution in [0.3, 0.4) is 0 Å². The van der Waals surface area contributed by atoms with Gasteiger partial charge in [0.25, 0.3) is 5.91 Å². The average molecular weight is 265 g/mol. The van der Waals surface area contributed by atoms with Gasteiger partial charge in [0.15, 0.2) is 0 Å². The number of furan rings is 1. The molecule has 0 aromatic carbocycles. The molecule has 0 bridgehead atoms. The number of carbonyl (C=O) groups excluding carboxylic acids is 1. The van der Waals surface area contributed by atoms with E-state index in [2.05, 4.69) is 0 Å². The predicted molar refractivity (Wildman–Crippen MR) is 68.9 cm³/mol. The Morgan fingerprint density at radius 3 is 2.95 bits per heavy atom. The van der Waals surface area contributed by atoms with Gasteiger partial charge in [-0.25, -0.2) is 0 Å². The highest BCUT2D eigenvalue weighted by atomic mass is 16.4. The van der Waals surface area contributed by atoms with Gasteiger partial charge in [-0.05, 0) is 38.2 Å². The second kappa shape index (κ2) is 5.91. The minimum absolute atomic E-state index is 0.00808. The highest BCUT2D eigenvalue weighted by molar-refractivity contribution is 5.95. The number of hydrogen-bond acceptors (Lipinski definition) is 3. The summed E-state index contributed by atoms with van der Waals surface area (Å²) in [7, 11) is 0. The number of carboxylic acid groups (broad SMARTS) is 1. The minimum atomic E-state index is -0.769. The first-order chi connectivity index (χ1) is 9.08. The lowest BCUT2D eigenvalue weighted by Gasteiger charge is -2.32. The van der Waals surface area contributed by atoms with E-state index in [9.17, 15) is 9.59 Å². The Morgan fingerprint density at radius 1 is 1.53 bits per heavy atom. The maximum Gasteiger partial charge on any atom is 0.303 e. The van der Waals surface area contributed by atoms with Crippen molar-refractivity contribution >= 4 is 11.9 Å². The number of nitrogens with zero attached hydrogens (tertiary/aromatic N) is 1. The molecule has 1 aromatic rings. The van der Waals surface area contributed by atoms with Crippen molar-refractivity contribution in [3.05, 3.63) is 23.7 Å². The zero-order valence-corrected chi connectivity index (χ0v) is 11.1. The predicted octanol–water partition coefficient (Wildman–Crippen LogP) is 2.31. The normalized spacial score (nSPS) is 19.4. The summed E-state index contributed by atoms with van der Waals surface area (Å²) in [6.45, 7) is 3.17. The molecular weight excluding hydrogens is 246 g/mol. The van der Waals surface area contributed by atoms with Crippen LogP contribution in [0.1, 0.15) is 41.8 Å². The fraction of sp³-hybridized carbons (Fsp3) is 0.571. The smallest absolute Gasteiger partial charge is 0.303 e. The quantitative estimate of drug-likeness (QED) is 0.906. The first-order valence-corrected chi connectivity index (χ1v) is 6.63. The number of carboxylic acids is 1. The molecule has 2 rings (SSSR count). The first-order valence-electron chi connectivity index (χ1n) is 6.63. The summed E-state index contributed by atoms with van der Waals surface area (Å²) in [4.78, 5) is 24.7. The molecule has 1 aromatic heterocycles. The lowest BCUT2D eigenvalue weighted by atomic mass is 9.93. The summed E-state index contributed by atoms with van der Waals surface area (Å²) < 4.78 is 5.16. The molecule has 0 spiro atoms. The number of piperidine rings is 1. The van der Waals surface area contributed by atoms with Gasteiger partial charge in [0.2, 0.25) is 0 Å². The van der Waals surface area contributed by atoms with Crippen molar-refractivity contribution in [1.82, 2.24) is 4.90 Å². The molecular formula is C14H19NO4. The van der Waals surface area contributed by atoms with Crippen LogP contribution < -0.4 is 0 Å². The molecule has 0 radical (unpaired) electrons. The van der Waals surface area contributed by atoms with Gasteiger partial charge in [-0.3, -0.25) is 9.59 Å². The van der Waals surface area contributed by atoms with E-state index in [-0.39, 0.29) is 12.3 Å². The Hall–Kier alpha value is -1.78. The Morgan fingerprint density at radius 2 is 2.32 bits per heavy atom. The van der Waals surface area contributed by atoms with Crippen LogP contribution in [0.4, 0.5) is 0 Å². The monoisotopic (exact) mass is 265 g/mol. The molecule has 1 amide bonds. The molecule has 1 aliphatic rings. The Bertz CT molecular complexity index is 466. The van der Waals surface area contributed by atoms with Crippen LogP contribution >= 0.6 is 0 Å². The maximum atomic E-state index is 12.3. The lowest BCUT2D eigenvalue weighted by Crippen LogP contribution is -2.40. The van der Waals surface area contributed by atoms with Crippen LogP contribution in [-0.4, -0.2) is 35.0 Å². The fourth-order valence-electron chi connectivity index (χ4n) is 2.59. The molecule has 1 unspecified atom stereocenters. The highest BCUT2D eigenvalue weighted by Gasteiger charge is 2.26. The third-order valence-electron chi connectivity index (χ3n) is 3.66. The van der Waals surface area contributed by atoms with Gasteiger partial charge in [0, 0.05) is 19.5 Å². The van der Waals surface area contributed by atoms with Crippen molar-refractivity contribution in [1.29, 1.82) is 0 Å². The average Bonchev–Trinajstić information content (AvgIpc) is 2.82. The van der Waals surface area contributed by atoms with Crippen molar-refractivity contribution in [3.8, 4) is 0 Å². The topological polar surface area (TPSA) is 70.8 Å². The Labute approximate surface area is 112 Å². The molecule has 5 nitrogen and oxygen atoms in total. The molecule has 2 heterocycles. The number of aliphatic carboxylic acids is 1. The molecule has 1 aliphatic heterocycles. The molecule has 1 atom stereocenters. The third-order valence-corrected chi connectivity index (χ3v) is 3.66. The van der Waals surface area contributed by atoms with E-state index in [4.69, 9.17) is 9.52 Å². The van der Waals surface area contributed by atoms with Gasteiger partial charge in [-0.1, -0.05) is 0 Å². The van der Waals surface area contributed by atoms with Gasteiger partial charge < -0.3 is 14.4 Å². The molecule has 1 saturated heterocycles. The molecule has 19 heavy (non-hydrogen) atoms. The summed E-state index contributed by atoms with van der Waals surface area (Å²) >= 11 is 0. The van der Waals surface area contributed by atoms with Crippen LogP contribution in [-0.2, 0) is 4.79 Å². The van der Waals surface area contributed by atoms with Gasteiger partial charge in [-0.15, -0.1) is 0 Å². The van der Waals surface area contributed by atoms with E-state index >= 15 is 0 Å². The first kappa shape index (κ1) is 13.6. The number of rotatable bonds is 4. The molecule has 0 saturated carbocycles. The van der Waals surface area contributed by atoms with Gasteiger partial charge >= 0.3 is 5.97 Å². The van der Waals surface area contributed by atoms with Gasteiger partial charge in [-0.2, -0.15) is 0 Å². The zero-order valence-electron chi connectivity index (χ0n) is 11.1. The van der Waals surface area contributed by atoms with E-state index in [0.717, 1.165) is 19.4 Å². The van der Waals surface area contributed by atoms with Gasteiger partial charge in [0.1, 0.15) is 5.76 Å². The minimum Gasteiger partial charge on any atom is -0.481 e. The second-order valence-corrected chi connectivity index (χ2v) is 5.08. The van der Waals surface area contributed by atoms with Crippen LogP contribution in [0.5, 0.6) is 0 Å². The second-order valence-electron chi connectivity index (χ2n) is 5.08.